The molecule has 1 aliphatic rings. The zero-order chi connectivity index (χ0) is 52.5. The highest BCUT2D eigenvalue weighted by Crippen LogP contribution is 2.44. The number of nitrogens with zero attached hydrogens (tertiary/aromatic N) is 1. The van der Waals surface area contributed by atoms with E-state index in [0.717, 1.165) is 12.8 Å². The predicted molar refractivity (Wildman–Crippen MR) is 287 cm³/mol. The third-order valence-electron chi connectivity index (χ3n) is 12.4. The van der Waals surface area contributed by atoms with Crippen LogP contribution >= 0.6 is 0 Å². The summed E-state index contributed by atoms with van der Waals surface area (Å²) < 4.78 is 72.0. The van der Waals surface area contributed by atoms with Crippen LogP contribution in [-0.4, -0.2) is 189 Å². The Morgan fingerprint density at radius 1 is 0.378 bits per heavy atom. The van der Waals surface area contributed by atoms with Gasteiger partial charge in [0, 0.05) is 25.9 Å². The Bertz CT molecular complexity index is 1560. The first-order valence-electron chi connectivity index (χ1n) is 28.2. The normalized spacial score (nSPS) is 12.1. The maximum Gasteiger partial charge on any atom is 0.409 e. The Hall–Kier alpha value is -3.26. The highest BCUT2D eigenvalue weighted by molar-refractivity contribution is 5.79. The zero-order valence-corrected chi connectivity index (χ0v) is 45.8. The Kier molecular flexibility index (Phi) is 42.3. The van der Waals surface area contributed by atoms with Crippen molar-refractivity contribution in [3.8, 4) is 11.1 Å². The van der Waals surface area contributed by atoms with Crippen molar-refractivity contribution < 1.29 is 71.2 Å². The second-order valence-corrected chi connectivity index (χ2v) is 18.4. The Morgan fingerprint density at radius 3 is 1.03 bits per heavy atom. The van der Waals surface area contributed by atoms with Gasteiger partial charge in [-0.1, -0.05) is 145 Å². The lowest BCUT2D eigenvalue weighted by atomic mass is 9.98. The second kappa shape index (κ2) is 48.1. The van der Waals surface area contributed by atoms with Crippen LogP contribution in [0.15, 0.2) is 48.5 Å². The first-order chi connectivity index (χ1) is 36.6. The van der Waals surface area contributed by atoms with E-state index in [-0.39, 0.29) is 24.6 Å². The molecule has 0 aliphatic heterocycles. The summed E-state index contributed by atoms with van der Waals surface area (Å²) in [6, 6.07) is 16.6. The maximum absolute atomic E-state index is 12.7. The molecular formula is C58H97NO15. The first-order valence-corrected chi connectivity index (χ1v) is 28.2. The van der Waals surface area contributed by atoms with Crippen LogP contribution in [-0.2, 0) is 66.4 Å². The topological polar surface area (TPSA) is 157 Å². The van der Waals surface area contributed by atoms with Gasteiger partial charge < -0.3 is 66.5 Å². The molecule has 0 bridgehead atoms. The van der Waals surface area contributed by atoms with Crippen molar-refractivity contribution in [1.29, 1.82) is 0 Å². The highest BCUT2D eigenvalue weighted by atomic mass is 16.6. The lowest BCUT2D eigenvalue weighted by Crippen LogP contribution is -2.32. The smallest absolute Gasteiger partial charge is 0.409 e. The molecule has 0 radical (unpaired) electrons. The summed E-state index contributed by atoms with van der Waals surface area (Å²) >= 11 is 0. The summed E-state index contributed by atoms with van der Waals surface area (Å²) in [6.07, 6.45) is 19.8. The number of unbranched alkanes of at least 4 members (excludes halogenated alkanes) is 14. The molecule has 2 aromatic carbocycles. The van der Waals surface area contributed by atoms with Crippen LogP contribution in [0.1, 0.15) is 127 Å². The van der Waals surface area contributed by atoms with Crippen molar-refractivity contribution in [1.82, 2.24) is 4.90 Å². The van der Waals surface area contributed by atoms with E-state index < -0.39 is 0 Å². The molecule has 0 spiro atoms. The average molecular weight is 1050 g/mol. The molecule has 0 unspecified atom stereocenters. The molecule has 74 heavy (non-hydrogen) atoms. The van der Waals surface area contributed by atoms with Crippen molar-refractivity contribution in [2.24, 2.45) is 0 Å². The van der Waals surface area contributed by atoms with Gasteiger partial charge in [0.2, 0.25) is 0 Å². The van der Waals surface area contributed by atoms with Crippen molar-refractivity contribution >= 4 is 12.1 Å². The van der Waals surface area contributed by atoms with Crippen LogP contribution in [0.2, 0.25) is 0 Å². The van der Waals surface area contributed by atoms with Gasteiger partial charge in [-0.25, -0.2) is 4.79 Å². The van der Waals surface area contributed by atoms with E-state index in [9.17, 15) is 9.59 Å². The minimum atomic E-state index is -0.367. The van der Waals surface area contributed by atoms with Gasteiger partial charge in [0.05, 0.1) is 145 Å². The van der Waals surface area contributed by atoms with Gasteiger partial charge in [0.15, 0.2) is 0 Å². The number of rotatable bonds is 54. The number of fused-ring (bicyclic) bond motifs is 3. The number of amides is 1. The molecule has 0 saturated carbocycles. The van der Waals surface area contributed by atoms with Gasteiger partial charge >= 0.3 is 12.1 Å². The molecule has 2 aromatic rings. The van der Waals surface area contributed by atoms with Gasteiger partial charge in [-0.3, -0.25) is 4.79 Å². The van der Waals surface area contributed by atoms with Crippen LogP contribution in [0.4, 0.5) is 4.79 Å². The summed E-state index contributed by atoms with van der Waals surface area (Å²) in [6.45, 7) is 13.5. The average Bonchev–Trinajstić information content (AvgIpc) is 3.74. The number of carbonyl (C=O) groups excluding carboxylic acids is 2. The van der Waals surface area contributed by atoms with Crippen LogP contribution in [0.5, 0.6) is 0 Å². The van der Waals surface area contributed by atoms with E-state index in [4.69, 9.17) is 61.6 Å². The van der Waals surface area contributed by atoms with E-state index in [1.165, 1.54) is 111 Å². The lowest BCUT2D eigenvalue weighted by molar-refractivity contribution is -0.145. The number of hydrogen-bond acceptors (Lipinski definition) is 15. The first kappa shape index (κ1) is 65.0. The monoisotopic (exact) mass is 1050 g/mol. The standard InChI is InChI=1S/C58H97NO15/c1-3-4-5-6-7-8-9-10-11-12-13-14-15-16-17-26-57(60)73-50-49-72-48-47-71-46-45-70-44-43-69-42-41-68-40-39-67-38-37-66-36-35-65-34-33-64-32-31-63-30-29-62-28-27-59(2)58(61)74-51-56-54-24-20-18-22-52(54)53-23-19-21-25-55(53)56/h18-25,56H,3-17,26-51H2,1-2H3. The molecule has 0 atom stereocenters. The quantitative estimate of drug-likeness (QED) is 0.0455. The van der Waals surface area contributed by atoms with E-state index in [1.807, 2.05) is 24.3 Å². The lowest BCUT2D eigenvalue weighted by Gasteiger charge is -2.19. The van der Waals surface area contributed by atoms with Crippen LogP contribution < -0.4 is 0 Å². The van der Waals surface area contributed by atoms with Crippen LogP contribution in [0.3, 0.4) is 0 Å². The molecule has 3 rings (SSSR count). The molecule has 0 fully saturated rings. The van der Waals surface area contributed by atoms with E-state index in [2.05, 4.69) is 31.2 Å². The van der Waals surface area contributed by atoms with Crippen molar-refractivity contribution in [3.63, 3.8) is 0 Å². The molecule has 0 aromatic heterocycles. The molecule has 0 saturated heterocycles. The molecule has 1 amide bonds. The van der Waals surface area contributed by atoms with Crippen LogP contribution in [0, 0.1) is 0 Å². The number of likely N-dealkylation sites (N-methyl/N-ethyl adjacent to an activating group) is 1. The molecule has 16 heteroatoms. The molecule has 0 N–H and O–H groups in total. The van der Waals surface area contributed by atoms with Crippen molar-refractivity contribution in [3.05, 3.63) is 59.7 Å². The van der Waals surface area contributed by atoms with Gasteiger partial charge in [-0.05, 0) is 28.7 Å². The number of ether oxygens (including phenoxy) is 13. The van der Waals surface area contributed by atoms with Gasteiger partial charge in [-0.2, -0.15) is 0 Å². The summed E-state index contributed by atoms with van der Waals surface area (Å²) in [4.78, 5) is 26.1. The minimum Gasteiger partial charge on any atom is -0.463 e. The summed E-state index contributed by atoms with van der Waals surface area (Å²) in [7, 11) is 1.71. The Balaban J connectivity index is 0.904. The molecule has 1 aliphatic carbocycles. The maximum atomic E-state index is 12.7. The predicted octanol–water partition coefficient (Wildman–Crippen LogP) is 9.85. The zero-order valence-electron chi connectivity index (χ0n) is 45.8. The van der Waals surface area contributed by atoms with E-state index in [1.54, 1.807) is 7.05 Å². The number of esters is 1. The fourth-order valence-corrected chi connectivity index (χ4v) is 8.23. The highest BCUT2D eigenvalue weighted by Gasteiger charge is 2.29. The third kappa shape index (κ3) is 34.4. The second-order valence-electron chi connectivity index (χ2n) is 18.4. The van der Waals surface area contributed by atoms with Gasteiger partial charge in [0.1, 0.15) is 13.2 Å². The fourth-order valence-electron chi connectivity index (χ4n) is 8.23. The van der Waals surface area contributed by atoms with E-state index in [0.29, 0.717) is 165 Å². The van der Waals surface area contributed by atoms with Crippen LogP contribution in [0.25, 0.3) is 11.1 Å². The van der Waals surface area contributed by atoms with Crippen molar-refractivity contribution in [2.45, 2.75) is 116 Å². The molecular weight excluding hydrogens is 951 g/mol. The number of carbonyl (C=O) groups is 2. The van der Waals surface area contributed by atoms with Gasteiger partial charge in [0.25, 0.3) is 0 Å². The number of hydrogen-bond donors (Lipinski definition) is 0. The molecule has 0 heterocycles. The summed E-state index contributed by atoms with van der Waals surface area (Å²) in [5, 5.41) is 0. The third-order valence-corrected chi connectivity index (χ3v) is 12.4. The molecule has 16 nitrogen and oxygen atoms in total. The minimum absolute atomic E-state index is 0.0334. The van der Waals surface area contributed by atoms with E-state index >= 15 is 0 Å². The van der Waals surface area contributed by atoms with Gasteiger partial charge in [-0.15, -0.1) is 0 Å². The molecule has 424 valence electrons. The Morgan fingerprint density at radius 2 is 0.676 bits per heavy atom. The summed E-state index contributed by atoms with van der Waals surface area (Å²) in [5.74, 6) is -0.102. The largest absolute Gasteiger partial charge is 0.463 e. The number of benzene rings is 2. The summed E-state index contributed by atoms with van der Waals surface area (Å²) in [5.41, 5.74) is 4.79. The van der Waals surface area contributed by atoms with Crippen molar-refractivity contribution in [2.75, 3.05) is 172 Å². The Labute approximate surface area is 445 Å². The SMILES string of the molecule is CCCCCCCCCCCCCCCCCC(=O)OCCOCCOCCOCCOCCOCCOCCOCCOCCOCCOCCOCCN(C)C(=O)OCC1c2ccccc2-c2ccccc21. The fraction of sp³-hybridized carbons (Fsp3) is 0.759.